The number of aromatic nitrogens is 1. The summed E-state index contributed by atoms with van der Waals surface area (Å²) in [6.07, 6.45) is 0.513. The first-order chi connectivity index (χ1) is 13.3. The van der Waals surface area contributed by atoms with Crippen molar-refractivity contribution in [1.29, 1.82) is 0 Å². The normalized spacial score (nSPS) is 18.1. The van der Waals surface area contributed by atoms with Crippen LogP contribution in [0.5, 0.6) is 0 Å². The molecule has 0 bridgehead atoms. The summed E-state index contributed by atoms with van der Waals surface area (Å²) in [5.74, 6) is -1.09. The van der Waals surface area contributed by atoms with Crippen LogP contribution in [0.25, 0.3) is 10.9 Å². The van der Waals surface area contributed by atoms with E-state index in [1.54, 1.807) is 6.92 Å². The maximum absolute atomic E-state index is 12.5. The Kier molecular flexibility index (Phi) is 5.98. The third kappa shape index (κ3) is 4.49. The van der Waals surface area contributed by atoms with Gasteiger partial charge in [-0.05, 0) is 37.8 Å². The Hall–Kier alpha value is -2.48. The number of rotatable bonds is 6. The van der Waals surface area contributed by atoms with Gasteiger partial charge in [0.05, 0.1) is 34.9 Å². The molecule has 0 amide bonds. The molecule has 3 rings (SSSR count). The number of nitrogens with zero attached hydrogens (tertiary/aromatic N) is 1. The Balaban J connectivity index is 1.80. The molecule has 1 aliphatic heterocycles. The minimum atomic E-state index is -3.04. The summed E-state index contributed by atoms with van der Waals surface area (Å²) in [7, 11) is -3.04. The fourth-order valence-corrected chi connectivity index (χ4v) is 5.36. The van der Waals surface area contributed by atoms with Gasteiger partial charge in [-0.1, -0.05) is 18.2 Å². The maximum atomic E-state index is 12.5. The number of hydrogen-bond acceptors (Lipinski definition) is 7. The van der Waals surface area contributed by atoms with E-state index in [0.717, 1.165) is 10.9 Å². The Bertz CT molecular complexity index is 1010. The van der Waals surface area contributed by atoms with Crippen LogP contribution in [0.15, 0.2) is 24.3 Å². The average Bonchev–Trinajstić information content (AvgIpc) is 2.98. The molecular weight excluding hydrogens is 382 g/mol. The SMILES string of the molecule is CCOC(=O)c1c(COC(=O)C[C@@H]2CCS(=O)(=O)C2)nc2ccccc2c1C. The summed E-state index contributed by atoms with van der Waals surface area (Å²) < 4.78 is 33.5. The number of para-hydroxylation sites is 1. The van der Waals surface area contributed by atoms with Gasteiger partial charge in [-0.3, -0.25) is 4.79 Å². The molecular formula is C20H23NO6S. The van der Waals surface area contributed by atoms with Crippen molar-refractivity contribution in [3.8, 4) is 0 Å². The zero-order valence-corrected chi connectivity index (χ0v) is 16.8. The van der Waals surface area contributed by atoms with Gasteiger partial charge < -0.3 is 9.47 Å². The van der Waals surface area contributed by atoms with Crippen molar-refractivity contribution in [1.82, 2.24) is 4.98 Å². The van der Waals surface area contributed by atoms with E-state index in [2.05, 4.69) is 4.98 Å². The zero-order chi connectivity index (χ0) is 20.3. The summed E-state index contributed by atoms with van der Waals surface area (Å²) in [5, 5.41) is 0.830. The quantitative estimate of drug-likeness (QED) is 0.681. The second-order valence-electron chi connectivity index (χ2n) is 6.93. The molecule has 2 heterocycles. The molecule has 2 aromatic rings. The smallest absolute Gasteiger partial charge is 0.340 e. The summed E-state index contributed by atoms with van der Waals surface area (Å²) in [6, 6.07) is 7.40. The van der Waals surface area contributed by atoms with Gasteiger partial charge in [-0.25, -0.2) is 18.2 Å². The molecule has 7 nitrogen and oxygen atoms in total. The molecule has 28 heavy (non-hydrogen) atoms. The van der Waals surface area contributed by atoms with Crippen LogP contribution in [-0.4, -0.2) is 43.5 Å². The van der Waals surface area contributed by atoms with Crippen LogP contribution in [-0.2, 0) is 30.7 Å². The number of carbonyl (C=O) groups excluding carboxylic acids is 2. The summed E-state index contributed by atoms with van der Waals surface area (Å²) in [4.78, 5) is 29.1. The molecule has 8 heteroatoms. The molecule has 0 aliphatic carbocycles. The molecule has 1 saturated heterocycles. The first-order valence-corrected chi connectivity index (χ1v) is 11.0. The highest BCUT2D eigenvalue weighted by atomic mass is 32.2. The summed E-state index contributed by atoms with van der Waals surface area (Å²) in [6.45, 7) is 3.58. The van der Waals surface area contributed by atoms with Gasteiger partial charge >= 0.3 is 11.9 Å². The Morgan fingerprint density at radius 1 is 1.21 bits per heavy atom. The minimum absolute atomic E-state index is 0.0174. The van der Waals surface area contributed by atoms with Crippen LogP contribution < -0.4 is 0 Å². The molecule has 0 saturated carbocycles. The molecule has 1 aromatic heterocycles. The van der Waals surface area contributed by atoms with Gasteiger partial charge in [0.15, 0.2) is 9.84 Å². The number of carbonyl (C=O) groups is 2. The lowest BCUT2D eigenvalue weighted by Gasteiger charge is -2.14. The summed E-state index contributed by atoms with van der Waals surface area (Å²) in [5.41, 5.74) is 2.05. The molecule has 150 valence electrons. The van der Waals surface area contributed by atoms with Crippen molar-refractivity contribution in [3.63, 3.8) is 0 Å². The first-order valence-electron chi connectivity index (χ1n) is 9.22. The second-order valence-corrected chi connectivity index (χ2v) is 9.16. The number of pyridine rings is 1. The van der Waals surface area contributed by atoms with Gasteiger partial charge in [-0.15, -0.1) is 0 Å². The van der Waals surface area contributed by atoms with E-state index < -0.39 is 21.8 Å². The van der Waals surface area contributed by atoms with Gasteiger partial charge in [0.2, 0.25) is 0 Å². The van der Waals surface area contributed by atoms with E-state index in [9.17, 15) is 18.0 Å². The van der Waals surface area contributed by atoms with Crippen LogP contribution in [0.3, 0.4) is 0 Å². The Morgan fingerprint density at radius 3 is 2.64 bits per heavy atom. The average molecular weight is 405 g/mol. The lowest BCUT2D eigenvalue weighted by atomic mass is 10.0. The van der Waals surface area contributed by atoms with Crippen molar-refractivity contribution in [2.45, 2.75) is 33.3 Å². The number of sulfone groups is 1. The second kappa shape index (κ2) is 8.26. The van der Waals surface area contributed by atoms with E-state index >= 15 is 0 Å². The Morgan fingerprint density at radius 2 is 1.96 bits per heavy atom. The molecule has 1 fully saturated rings. The van der Waals surface area contributed by atoms with E-state index in [1.807, 2.05) is 31.2 Å². The van der Waals surface area contributed by atoms with Gasteiger partial charge in [-0.2, -0.15) is 0 Å². The van der Waals surface area contributed by atoms with E-state index in [4.69, 9.17) is 9.47 Å². The molecule has 0 spiro atoms. The minimum Gasteiger partial charge on any atom is -0.462 e. The van der Waals surface area contributed by atoms with Crippen LogP contribution in [0.1, 0.15) is 41.4 Å². The van der Waals surface area contributed by atoms with Gasteiger partial charge in [0.1, 0.15) is 6.61 Å². The van der Waals surface area contributed by atoms with Crippen molar-refractivity contribution >= 4 is 32.7 Å². The third-order valence-electron chi connectivity index (χ3n) is 4.86. The predicted octanol–water partition coefficient (Wildman–Crippen LogP) is 2.59. The largest absolute Gasteiger partial charge is 0.462 e. The van der Waals surface area contributed by atoms with Crippen LogP contribution in [0.2, 0.25) is 0 Å². The van der Waals surface area contributed by atoms with Crippen molar-refractivity contribution in [3.05, 3.63) is 41.1 Å². The molecule has 0 N–H and O–H groups in total. The number of esters is 2. The van der Waals surface area contributed by atoms with E-state index in [0.29, 0.717) is 23.2 Å². The number of benzene rings is 1. The molecule has 0 unspecified atom stereocenters. The molecule has 1 aliphatic rings. The molecule has 1 aromatic carbocycles. The van der Waals surface area contributed by atoms with Gasteiger partial charge in [0, 0.05) is 11.8 Å². The molecule has 1 atom stereocenters. The van der Waals surface area contributed by atoms with Crippen LogP contribution in [0.4, 0.5) is 0 Å². The number of fused-ring (bicyclic) bond motifs is 1. The molecule has 0 radical (unpaired) electrons. The number of aryl methyl sites for hydroxylation is 1. The highest BCUT2D eigenvalue weighted by Crippen LogP contribution is 2.25. The lowest BCUT2D eigenvalue weighted by Crippen LogP contribution is -2.16. The maximum Gasteiger partial charge on any atom is 0.340 e. The zero-order valence-electron chi connectivity index (χ0n) is 15.9. The standard InChI is InChI=1S/C20H23NO6S/c1-3-26-20(23)19-13(2)15-6-4-5-7-16(15)21-17(19)11-27-18(22)10-14-8-9-28(24,25)12-14/h4-7,14H,3,8-12H2,1-2H3/t14-/m0/s1. The van der Waals surface area contributed by atoms with Crippen molar-refractivity contribution in [2.75, 3.05) is 18.1 Å². The summed E-state index contributed by atoms with van der Waals surface area (Å²) >= 11 is 0. The first kappa shape index (κ1) is 20.3. The fraction of sp³-hybridized carbons (Fsp3) is 0.450. The monoisotopic (exact) mass is 405 g/mol. The highest BCUT2D eigenvalue weighted by molar-refractivity contribution is 7.91. The third-order valence-corrected chi connectivity index (χ3v) is 6.70. The fourth-order valence-electron chi connectivity index (χ4n) is 3.50. The van der Waals surface area contributed by atoms with Crippen molar-refractivity contribution < 1.29 is 27.5 Å². The van der Waals surface area contributed by atoms with Gasteiger partial charge in [0.25, 0.3) is 0 Å². The Labute approximate surface area is 164 Å². The predicted molar refractivity (Wildman–Crippen MR) is 104 cm³/mol. The number of ether oxygens (including phenoxy) is 2. The van der Waals surface area contributed by atoms with E-state index in [-0.39, 0.29) is 37.1 Å². The lowest BCUT2D eigenvalue weighted by molar-refractivity contribution is -0.146. The topological polar surface area (TPSA) is 99.6 Å². The van der Waals surface area contributed by atoms with Crippen molar-refractivity contribution in [2.24, 2.45) is 5.92 Å². The van der Waals surface area contributed by atoms with Crippen LogP contribution >= 0.6 is 0 Å². The van der Waals surface area contributed by atoms with E-state index in [1.165, 1.54) is 0 Å². The number of hydrogen-bond donors (Lipinski definition) is 0. The van der Waals surface area contributed by atoms with Crippen LogP contribution in [0, 0.1) is 12.8 Å². The highest BCUT2D eigenvalue weighted by Gasteiger charge is 2.30.